The summed E-state index contributed by atoms with van der Waals surface area (Å²) in [5.41, 5.74) is 8.66. The highest BCUT2D eigenvalue weighted by atomic mass is 16.2. The molecule has 0 spiro atoms. The summed E-state index contributed by atoms with van der Waals surface area (Å²) < 4.78 is 1.78. The third-order valence-corrected chi connectivity index (χ3v) is 4.20. The molecule has 2 unspecified atom stereocenters. The van der Waals surface area contributed by atoms with Crippen LogP contribution in [0.3, 0.4) is 0 Å². The molecule has 2 rings (SSSR count). The molecule has 6 heteroatoms. The van der Waals surface area contributed by atoms with Crippen molar-refractivity contribution in [3.05, 3.63) is 11.4 Å². The van der Waals surface area contributed by atoms with Gasteiger partial charge in [0.15, 0.2) is 0 Å². The van der Waals surface area contributed by atoms with E-state index in [0.717, 1.165) is 36.6 Å². The molecule has 2 atom stereocenters. The lowest BCUT2D eigenvalue weighted by Gasteiger charge is -2.34. The minimum absolute atomic E-state index is 0.0203. The molecule has 0 saturated carbocycles. The monoisotopic (exact) mass is 279 g/mol. The van der Waals surface area contributed by atoms with Crippen molar-refractivity contribution in [3.63, 3.8) is 0 Å². The van der Waals surface area contributed by atoms with Crippen LogP contribution in [0.4, 0.5) is 5.69 Å². The van der Waals surface area contributed by atoms with Crippen LogP contribution in [-0.4, -0.2) is 46.3 Å². The van der Waals surface area contributed by atoms with E-state index in [4.69, 9.17) is 5.73 Å². The van der Waals surface area contributed by atoms with Gasteiger partial charge in [-0.05, 0) is 26.2 Å². The molecule has 2 heterocycles. The third-order valence-electron chi connectivity index (χ3n) is 4.20. The molecule has 0 aromatic carbocycles. The van der Waals surface area contributed by atoms with Crippen molar-refractivity contribution in [1.29, 1.82) is 0 Å². The maximum absolute atomic E-state index is 12.2. The Bertz CT molecular complexity index is 496. The second kappa shape index (κ2) is 5.93. The smallest absolute Gasteiger partial charge is 0.238 e. The number of anilines is 1. The summed E-state index contributed by atoms with van der Waals surface area (Å²) >= 11 is 0. The van der Waals surface area contributed by atoms with Crippen molar-refractivity contribution in [2.45, 2.75) is 33.2 Å². The van der Waals surface area contributed by atoms with Crippen LogP contribution in [0.1, 0.15) is 24.7 Å². The third kappa shape index (κ3) is 3.19. The first kappa shape index (κ1) is 15.0. The maximum Gasteiger partial charge on any atom is 0.238 e. The normalized spacial score (nSPS) is 23.9. The Kier molecular flexibility index (Phi) is 4.45. The van der Waals surface area contributed by atoms with E-state index >= 15 is 0 Å². The summed E-state index contributed by atoms with van der Waals surface area (Å²) in [5.74, 6) is 0.463. The number of likely N-dealkylation sites (tertiary alicyclic amines) is 1. The first-order valence-electron chi connectivity index (χ1n) is 7.16. The topological polar surface area (TPSA) is 76.2 Å². The van der Waals surface area contributed by atoms with Crippen LogP contribution >= 0.6 is 0 Å². The van der Waals surface area contributed by atoms with Crippen molar-refractivity contribution in [3.8, 4) is 0 Å². The fourth-order valence-corrected chi connectivity index (χ4v) is 2.73. The number of piperidine rings is 1. The van der Waals surface area contributed by atoms with Crippen molar-refractivity contribution in [2.75, 3.05) is 25.0 Å². The van der Waals surface area contributed by atoms with E-state index in [0.29, 0.717) is 12.5 Å². The van der Waals surface area contributed by atoms with Gasteiger partial charge in [-0.15, -0.1) is 0 Å². The molecule has 1 aromatic heterocycles. The minimum atomic E-state index is 0.0203. The zero-order valence-corrected chi connectivity index (χ0v) is 12.8. The summed E-state index contributed by atoms with van der Waals surface area (Å²) in [6.45, 7) is 8.21. The number of hydrogen-bond donors (Lipinski definition) is 2. The second-order valence-electron chi connectivity index (χ2n) is 5.88. The van der Waals surface area contributed by atoms with Gasteiger partial charge < -0.3 is 11.1 Å². The number of nitrogens with one attached hydrogen (secondary N) is 1. The molecule has 20 heavy (non-hydrogen) atoms. The fraction of sp³-hybridized carbons (Fsp3) is 0.714. The Labute approximate surface area is 120 Å². The minimum Gasteiger partial charge on any atom is -0.327 e. The molecule has 112 valence electrons. The van der Waals surface area contributed by atoms with Crippen molar-refractivity contribution in [1.82, 2.24) is 14.7 Å². The molecule has 1 aliphatic rings. The predicted octanol–water partition coefficient (Wildman–Crippen LogP) is 0.645. The summed E-state index contributed by atoms with van der Waals surface area (Å²) in [5, 5.41) is 7.28. The fourth-order valence-electron chi connectivity index (χ4n) is 2.73. The van der Waals surface area contributed by atoms with Crippen LogP contribution in [-0.2, 0) is 11.8 Å². The molecular weight excluding hydrogens is 254 g/mol. The van der Waals surface area contributed by atoms with E-state index in [9.17, 15) is 4.79 Å². The Morgan fingerprint density at radius 3 is 2.75 bits per heavy atom. The van der Waals surface area contributed by atoms with Crippen LogP contribution in [0.2, 0.25) is 0 Å². The molecule has 1 saturated heterocycles. The van der Waals surface area contributed by atoms with Crippen molar-refractivity contribution >= 4 is 11.6 Å². The largest absolute Gasteiger partial charge is 0.327 e. The number of nitrogens with zero attached hydrogens (tertiary/aromatic N) is 3. The Morgan fingerprint density at radius 2 is 2.20 bits per heavy atom. The van der Waals surface area contributed by atoms with Gasteiger partial charge in [0.05, 0.1) is 23.6 Å². The standard InChI is InChI=1S/C14H25N5O/c1-9-7-19(6-5-12(9)15)8-13(20)16-14-10(2)17-18(4)11(14)3/h9,12H,5-8,15H2,1-4H3,(H,16,20). The number of nitrogens with two attached hydrogens (primary N) is 1. The predicted molar refractivity (Wildman–Crippen MR) is 79.5 cm³/mol. The van der Waals surface area contributed by atoms with E-state index in [1.54, 1.807) is 4.68 Å². The molecule has 0 aliphatic carbocycles. The van der Waals surface area contributed by atoms with Crippen LogP contribution < -0.4 is 11.1 Å². The number of aryl methyl sites for hydroxylation is 2. The van der Waals surface area contributed by atoms with E-state index in [2.05, 4.69) is 22.2 Å². The summed E-state index contributed by atoms with van der Waals surface area (Å²) in [6.07, 6.45) is 0.958. The maximum atomic E-state index is 12.2. The van der Waals surface area contributed by atoms with Gasteiger partial charge in [-0.1, -0.05) is 6.92 Å². The first-order valence-corrected chi connectivity index (χ1v) is 7.16. The van der Waals surface area contributed by atoms with Crippen LogP contribution in [0.5, 0.6) is 0 Å². The van der Waals surface area contributed by atoms with Gasteiger partial charge in [-0.3, -0.25) is 14.4 Å². The lowest BCUT2D eigenvalue weighted by atomic mass is 9.95. The number of amides is 1. The SMILES string of the molecule is Cc1nn(C)c(C)c1NC(=O)CN1CCC(N)C(C)C1. The highest BCUT2D eigenvalue weighted by Crippen LogP contribution is 2.19. The molecule has 1 aromatic rings. The lowest BCUT2D eigenvalue weighted by Crippen LogP contribution is -2.48. The van der Waals surface area contributed by atoms with E-state index in [1.807, 2.05) is 20.9 Å². The first-order chi connectivity index (χ1) is 9.38. The van der Waals surface area contributed by atoms with Crippen LogP contribution in [0, 0.1) is 19.8 Å². The van der Waals surface area contributed by atoms with Gasteiger partial charge in [0, 0.05) is 26.2 Å². The lowest BCUT2D eigenvalue weighted by molar-refractivity contribution is -0.117. The van der Waals surface area contributed by atoms with E-state index in [-0.39, 0.29) is 11.9 Å². The van der Waals surface area contributed by atoms with E-state index in [1.165, 1.54) is 0 Å². The Morgan fingerprint density at radius 1 is 1.50 bits per heavy atom. The van der Waals surface area contributed by atoms with Gasteiger partial charge in [0.2, 0.25) is 5.91 Å². The number of rotatable bonds is 3. The molecule has 3 N–H and O–H groups in total. The number of carbonyl (C=O) groups is 1. The number of aromatic nitrogens is 2. The summed E-state index contributed by atoms with van der Waals surface area (Å²) in [7, 11) is 1.88. The molecule has 1 fully saturated rings. The average Bonchev–Trinajstić information content (AvgIpc) is 2.61. The van der Waals surface area contributed by atoms with Crippen molar-refractivity contribution < 1.29 is 4.79 Å². The molecule has 6 nitrogen and oxygen atoms in total. The number of carbonyl (C=O) groups excluding carboxylic acids is 1. The molecule has 0 bridgehead atoms. The molecular formula is C14H25N5O. The highest BCUT2D eigenvalue weighted by Gasteiger charge is 2.24. The zero-order valence-electron chi connectivity index (χ0n) is 12.8. The van der Waals surface area contributed by atoms with Gasteiger partial charge in [0.1, 0.15) is 0 Å². The van der Waals surface area contributed by atoms with Gasteiger partial charge in [0.25, 0.3) is 0 Å². The van der Waals surface area contributed by atoms with Crippen LogP contribution in [0.15, 0.2) is 0 Å². The summed E-state index contributed by atoms with van der Waals surface area (Å²) in [4.78, 5) is 14.3. The second-order valence-corrected chi connectivity index (χ2v) is 5.88. The molecule has 1 aliphatic heterocycles. The van der Waals surface area contributed by atoms with Crippen molar-refractivity contribution in [2.24, 2.45) is 18.7 Å². The molecule has 0 radical (unpaired) electrons. The van der Waals surface area contributed by atoms with Crippen LogP contribution in [0.25, 0.3) is 0 Å². The van der Waals surface area contributed by atoms with Gasteiger partial charge in [-0.2, -0.15) is 5.10 Å². The van der Waals surface area contributed by atoms with Gasteiger partial charge in [-0.25, -0.2) is 0 Å². The molecule has 1 amide bonds. The highest BCUT2D eigenvalue weighted by molar-refractivity contribution is 5.93. The van der Waals surface area contributed by atoms with Gasteiger partial charge >= 0.3 is 0 Å². The quantitative estimate of drug-likeness (QED) is 0.851. The Balaban J connectivity index is 1.93. The van der Waals surface area contributed by atoms with E-state index < -0.39 is 0 Å². The average molecular weight is 279 g/mol. The summed E-state index contributed by atoms with van der Waals surface area (Å²) in [6, 6.07) is 0.261. The number of hydrogen-bond acceptors (Lipinski definition) is 4. The zero-order chi connectivity index (χ0) is 14.9. The Hall–Kier alpha value is -1.40.